The van der Waals surface area contributed by atoms with Crippen LogP contribution in [0.15, 0.2) is 71.5 Å². The molecule has 1 fully saturated rings. The second-order valence-corrected chi connectivity index (χ2v) is 12.0. The summed E-state index contributed by atoms with van der Waals surface area (Å²) >= 11 is 6.50. The highest BCUT2D eigenvalue weighted by molar-refractivity contribution is 6.35. The highest BCUT2D eigenvalue weighted by Crippen LogP contribution is 2.41. The van der Waals surface area contributed by atoms with Gasteiger partial charge < -0.3 is 19.4 Å². The minimum absolute atomic E-state index is 0.192. The number of carbonyl (C=O) groups is 1. The van der Waals surface area contributed by atoms with Gasteiger partial charge >= 0.3 is 0 Å². The number of fused-ring (bicyclic) bond motifs is 2. The van der Waals surface area contributed by atoms with Crippen molar-refractivity contribution in [2.75, 3.05) is 37.2 Å². The highest BCUT2D eigenvalue weighted by Gasteiger charge is 2.39. The van der Waals surface area contributed by atoms with Crippen molar-refractivity contribution in [3.05, 3.63) is 111 Å². The van der Waals surface area contributed by atoms with Crippen molar-refractivity contribution in [2.45, 2.75) is 32.4 Å². The molecule has 12 heteroatoms. The van der Waals surface area contributed by atoms with E-state index in [1.165, 1.54) is 16.7 Å². The minimum atomic E-state index is -0.482. The molecule has 0 saturated carbocycles. The van der Waals surface area contributed by atoms with E-state index in [2.05, 4.69) is 4.90 Å². The zero-order valence-electron chi connectivity index (χ0n) is 25.6. The summed E-state index contributed by atoms with van der Waals surface area (Å²) in [5, 5.41) is 0.518. The molecule has 1 atom stereocenters. The second-order valence-electron chi connectivity index (χ2n) is 11.6. The number of aromatic nitrogens is 4. The fourth-order valence-electron chi connectivity index (χ4n) is 6.41. The van der Waals surface area contributed by atoms with Crippen LogP contribution >= 0.6 is 11.6 Å². The number of amides is 1. The predicted molar refractivity (Wildman–Crippen MR) is 175 cm³/mol. The fraction of sp³-hybridized carbons (Fsp3) is 0.265. The molecule has 4 heterocycles. The molecule has 46 heavy (non-hydrogen) atoms. The molecule has 7 rings (SSSR count). The van der Waals surface area contributed by atoms with Crippen LogP contribution in [0, 0.1) is 12.7 Å². The maximum atomic E-state index is 14.5. The molecule has 2 aliphatic heterocycles. The number of aryl methyl sites for hydroxylation is 1. The van der Waals surface area contributed by atoms with Gasteiger partial charge in [-0.2, -0.15) is 0 Å². The maximum Gasteiger partial charge on any atom is 0.267 e. The van der Waals surface area contributed by atoms with Crippen LogP contribution in [0.5, 0.6) is 5.75 Å². The summed E-state index contributed by atoms with van der Waals surface area (Å²) in [6.07, 6.45) is 1.39. The number of halogens is 2. The molecule has 1 unspecified atom stereocenters. The zero-order valence-corrected chi connectivity index (χ0v) is 26.3. The Balaban J connectivity index is 1.38. The van der Waals surface area contributed by atoms with Crippen LogP contribution in [0.3, 0.4) is 0 Å². The Morgan fingerprint density at radius 2 is 1.76 bits per heavy atom. The highest BCUT2D eigenvalue weighted by atomic mass is 35.5. The van der Waals surface area contributed by atoms with Crippen LogP contribution in [-0.2, 0) is 6.54 Å². The van der Waals surface area contributed by atoms with Crippen LogP contribution < -0.4 is 20.1 Å². The first-order valence-corrected chi connectivity index (χ1v) is 15.4. The van der Waals surface area contributed by atoms with Crippen molar-refractivity contribution in [3.8, 4) is 11.4 Å². The number of hydrogen-bond donors (Lipinski definition) is 0. The van der Waals surface area contributed by atoms with Gasteiger partial charge in [-0.05, 0) is 67.8 Å². The van der Waals surface area contributed by atoms with Gasteiger partial charge in [0.1, 0.15) is 40.4 Å². The minimum Gasteiger partial charge on any atom is -0.497 e. The second kappa shape index (κ2) is 11.7. The molecule has 10 nitrogen and oxygen atoms in total. The summed E-state index contributed by atoms with van der Waals surface area (Å²) in [4.78, 5) is 48.3. The molecule has 0 spiro atoms. The van der Waals surface area contributed by atoms with Crippen LogP contribution in [0.4, 0.5) is 16.0 Å². The summed E-state index contributed by atoms with van der Waals surface area (Å²) in [5.74, 6) is 2.04. The van der Waals surface area contributed by atoms with E-state index in [1.54, 1.807) is 49.4 Å². The van der Waals surface area contributed by atoms with Crippen molar-refractivity contribution in [2.24, 2.45) is 0 Å². The lowest BCUT2D eigenvalue weighted by Gasteiger charge is -2.38. The largest absolute Gasteiger partial charge is 0.497 e. The van der Waals surface area contributed by atoms with E-state index in [-0.39, 0.29) is 16.3 Å². The van der Waals surface area contributed by atoms with Gasteiger partial charge in [-0.25, -0.2) is 19.3 Å². The Labute approximate surface area is 269 Å². The molecule has 1 saturated heterocycles. The Morgan fingerprint density at radius 1 is 1.00 bits per heavy atom. The molecule has 5 aromatic rings. The van der Waals surface area contributed by atoms with Gasteiger partial charge in [0.2, 0.25) is 0 Å². The van der Waals surface area contributed by atoms with Gasteiger partial charge in [0.15, 0.2) is 0 Å². The molecule has 1 amide bonds. The normalized spacial score (nSPS) is 16.3. The van der Waals surface area contributed by atoms with Gasteiger partial charge in [-0.1, -0.05) is 35.9 Å². The first-order chi connectivity index (χ1) is 22.2. The van der Waals surface area contributed by atoms with Crippen molar-refractivity contribution >= 4 is 40.0 Å². The van der Waals surface area contributed by atoms with Gasteiger partial charge in [0, 0.05) is 20.1 Å². The summed E-state index contributed by atoms with van der Waals surface area (Å²) in [7, 11) is 3.39. The lowest BCUT2D eigenvalue weighted by atomic mass is 10.1. The van der Waals surface area contributed by atoms with E-state index < -0.39 is 17.4 Å². The van der Waals surface area contributed by atoms with E-state index in [0.29, 0.717) is 66.2 Å². The van der Waals surface area contributed by atoms with E-state index in [0.717, 1.165) is 17.7 Å². The maximum absolute atomic E-state index is 14.5. The molecule has 2 aromatic heterocycles. The van der Waals surface area contributed by atoms with Crippen molar-refractivity contribution in [1.29, 1.82) is 0 Å². The molecular formula is C34H31ClFN7O3. The Kier molecular flexibility index (Phi) is 7.56. The molecule has 0 N–H and O–H groups in total. The lowest BCUT2D eigenvalue weighted by Crippen LogP contribution is -2.46. The molecule has 3 aromatic carbocycles. The third-order valence-corrected chi connectivity index (χ3v) is 8.83. The third-order valence-electron chi connectivity index (χ3n) is 8.52. The monoisotopic (exact) mass is 639 g/mol. The number of methoxy groups -OCH3 is 1. The SMILES string of the molecule is COc1ccc(CN2CN(C)C(=O)c3c2nc(C)nc3N2CCCC2c2nc3cccc(Cl)c3c(=O)n2-c2cccc(F)c2)cc1. The average molecular weight is 640 g/mol. The van der Waals surface area contributed by atoms with E-state index in [1.807, 2.05) is 36.1 Å². The van der Waals surface area contributed by atoms with E-state index in [4.69, 9.17) is 31.3 Å². The lowest BCUT2D eigenvalue weighted by molar-refractivity contribution is 0.0780. The molecule has 2 aliphatic rings. The molecule has 0 aliphatic carbocycles. The number of rotatable bonds is 6. The van der Waals surface area contributed by atoms with Crippen LogP contribution in [-0.4, -0.2) is 57.7 Å². The molecule has 234 valence electrons. The van der Waals surface area contributed by atoms with Crippen LogP contribution in [0.2, 0.25) is 5.02 Å². The molecule has 0 bridgehead atoms. The number of carbonyl (C=O) groups excluding carboxylic acids is 1. The number of ether oxygens (including phenoxy) is 1. The summed E-state index contributed by atoms with van der Waals surface area (Å²) in [6, 6.07) is 18.3. The summed E-state index contributed by atoms with van der Waals surface area (Å²) < 4.78 is 21.3. The van der Waals surface area contributed by atoms with Crippen LogP contribution in [0.25, 0.3) is 16.6 Å². The summed E-state index contributed by atoms with van der Waals surface area (Å²) in [6.45, 7) is 3.24. The number of benzene rings is 3. The van der Waals surface area contributed by atoms with E-state index >= 15 is 0 Å². The first-order valence-electron chi connectivity index (χ1n) is 15.0. The fourth-order valence-corrected chi connectivity index (χ4v) is 6.66. The van der Waals surface area contributed by atoms with Crippen LogP contribution in [0.1, 0.15) is 46.5 Å². The Hall–Kier alpha value is -5.03. The zero-order chi connectivity index (χ0) is 32.1. The number of hydrogen-bond acceptors (Lipinski definition) is 8. The van der Waals surface area contributed by atoms with Crippen molar-refractivity contribution < 1.29 is 13.9 Å². The topological polar surface area (TPSA) is 96.7 Å². The average Bonchev–Trinajstić information content (AvgIpc) is 3.53. The predicted octanol–water partition coefficient (Wildman–Crippen LogP) is 5.68. The van der Waals surface area contributed by atoms with Crippen molar-refractivity contribution in [1.82, 2.24) is 24.4 Å². The van der Waals surface area contributed by atoms with Gasteiger partial charge in [0.25, 0.3) is 11.5 Å². The smallest absolute Gasteiger partial charge is 0.267 e. The van der Waals surface area contributed by atoms with Gasteiger partial charge in [-0.3, -0.25) is 14.2 Å². The van der Waals surface area contributed by atoms with E-state index in [9.17, 15) is 14.0 Å². The number of nitrogens with zero attached hydrogens (tertiary/aromatic N) is 7. The Morgan fingerprint density at radius 3 is 2.52 bits per heavy atom. The van der Waals surface area contributed by atoms with Gasteiger partial charge in [-0.15, -0.1) is 0 Å². The third kappa shape index (κ3) is 5.10. The quantitative estimate of drug-likeness (QED) is 0.234. The Bertz CT molecular complexity index is 2050. The first kappa shape index (κ1) is 29.7. The standard InChI is InChI=1S/C34H31ClFN7O3/c1-20-37-31-29(33(44)40(2)19-41(31)18-21-12-14-24(46-3)15-13-21)32(38-20)42-16-6-11-27(42)30-39-26-10-5-9-25(35)28(26)34(45)43(30)23-8-4-7-22(36)17-23/h4-5,7-10,12-15,17,27H,6,11,16,18-19H2,1-3H3. The van der Waals surface area contributed by atoms with Gasteiger partial charge in [0.05, 0.1) is 41.4 Å². The molecule has 0 radical (unpaired) electrons. The summed E-state index contributed by atoms with van der Waals surface area (Å²) in [5.41, 5.74) is 1.80. The number of anilines is 2. The molecular weight excluding hydrogens is 609 g/mol. The van der Waals surface area contributed by atoms with Crippen molar-refractivity contribution in [3.63, 3.8) is 0 Å².